The average Bonchev–Trinajstić information content (AvgIpc) is 3.21. The van der Waals surface area contributed by atoms with Gasteiger partial charge in [0.05, 0.1) is 5.02 Å². The SMILES string of the molecule is Cl.Cl.Oc1c(Cl)cccc1[C@@H](C1CC1)N1CCNCC1. The Morgan fingerprint density at radius 1 is 1.20 bits per heavy atom. The molecule has 20 heavy (non-hydrogen) atoms. The van der Waals surface area contributed by atoms with Crippen molar-refractivity contribution in [3.05, 3.63) is 28.8 Å². The van der Waals surface area contributed by atoms with Crippen LogP contribution in [-0.4, -0.2) is 36.2 Å². The Kier molecular flexibility index (Phi) is 6.89. The van der Waals surface area contributed by atoms with Gasteiger partial charge in [-0.15, -0.1) is 24.8 Å². The summed E-state index contributed by atoms with van der Waals surface area (Å²) in [6, 6.07) is 6.05. The number of benzene rings is 1. The molecule has 3 rings (SSSR count). The Morgan fingerprint density at radius 2 is 1.85 bits per heavy atom. The topological polar surface area (TPSA) is 35.5 Å². The first-order valence-electron chi connectivity index (χ1n) is 6.69. The standard InChI is InChI=1S/C14H19ClN2O.2ClH/c15-12-3-1-2-11(14(12)18)13(10-4-5-10)17-8-6-16-7-9-17;;/h1-3,10,13,16,18H,4-9H2;2*1H/t13-;;/m1../s1. The van der Waals surface area contributed by atoms with Crippen molar-refractivity contribution in [2.45, 2.75) is 18.9 Å². The van der Waals surface area contributed by atoms with Crippen molar-refractivity contribution in [1.82, 2.24) is 10.2 Å². The van der Waals surface area contributed by atoms with E-state index in [1.165, 1.54) is 12.8 Å². The lowest BCUT2D eigenvalue weighted by atomic mass is 9.99. The molecule has 0 radical (unpaired) electrons. The number of aromatic hydroxyl groups is 1. The summed E-state index contributed by atoms with van der Waals surface area (Å²) in [6.45, 7) is 4.16. The quantitative estimate of drug-likeness (QED) is 0.887. The molecule has 2 N–H and O–H groups in total. The van der Waals surface area contributed by atoms with E-state index in [0.29, 0.717) is 17.0 Å². The lowest BCUT2D eigenvalue weighted by molar-refractivity contribution is 0.153. The summed E-state index contributed by atoms with van der Waals surface area (Å²) in [5, 5.41) is 14.0. The van der Waals surface area contributed by atoms with Crippen LogP contribution in [0.5, 0.6) is 5.75 Å². The highest BCUT2D eigenvalue weighted by atomic mass is 35.5. The van der Waals surface area contributed by atoms with Crippen LogP contribution in [0.15, 0.2) is 18.2 Å². The molecule has 0 amide bonds. The number of nitrogens with one attached hydrogen (secondary N) is 1. The van der Waals surface area contributed by atoms with Crippen LogP contribution in [0.25, 0.3) is 0 Å². The van der Waals surface area contributed by atoms with Crippen LogP contribution < -0.4 is 5.32 Å². The van der Waals surface area contributed by atoms with Gasteiger partial charge in [0, 0.05) is 37.8 Å². The summed E-state index contributed by atoms with van der Waals surface area (Å²) in [6.07, 6.45) is 2.53. The van der Waals surface area contributed by atoms with Gasteiger partial charge < -0.3 is 10.4 Å². The van der Waals surface area contributed by atoms with E-state index in [1.807, 2.05) is 12.1 Å². The third kappa shape index (κ3) is 3.71. The second kappa shape index (κ2) is 7.71. The Bertz CT molecular complexity index is 434. The van der Waals surface area contributed by atoms with E-state index in [4.69, 9.17) is 11.6 Å². The molecular weight excluding hydrogens is 319 g/mol. The van der Waals surface area contributed by atoms with Crippen molar-refractivity contribution in [2.24, 2.45) is 5.92 Å². The van der Waals surface area contributed by atoms with Crippen LogP contribution in [0.2, 0.25) is 5.02 Å². The molecular formula is C14H21Cl3N2O. The maximum absolute atomic E-state index is 10.2. The van der Waals surface area contributed by atoms with Crippen molar-refractivity contribution in [3.63, 3.8) is 0 Å². The van der Waals surface area contributed by atoms with Gasteiger partial charge in [-0.25, -0.2) is 0 Å². The van der Waals surface area contributed by atoms with E-state index in [-0.39, 0.29) is 30.6 Å². The lowest BCUT2D eigenvalue weighted by Gasteiger charge is -2.35. The second-order valence-corrected chi connectivity index (χ2v) is 5.65. The van der Waals surface area contributed by atoms with Crippen LogP contribution in [0.1, 0.15) is 24.4 Å². The van der Waals surface area contributed by atoms with Gasteiger partial charge in [0.15, 0.2) is 0 Å². The average molecular weight is 340 g/mol. The molecule has 6 heteroatoms. The molecule has 1 atom stereocenters. The van der Waals surface area contributed by atoms with E-state index in [0.717, 1.165) is 31.7 Å². The van der Waals surface area contributed by atoms with Crippen molar-refractivity contribution >= 4 is 36.4 Å². The lowest BCUT2D eigenvalue weighted by Crippen LogP contribution is -2.45. The van der Waals surface area contributed by atoms with Crippen LogP contribution in [-0.2, 0) is 0 Å². The van der Waals surface area contributed by atoms with E-state index in [2.05, 4.69) is 10.2 Å². The van der Waals surface area contributed by atoms with Gasteiger partial charge in [-0.1, -0.05) is 23.7 Å². The normalized spacial score (nSPS) is 20.6. The minimum absolute atomic E-state index is 0. The first-order chi connectivity index (χ1) is 8.77. The highest BCUT2D eigenvalue weighted by Gasteiger charge is 2.38. The van der Waals surface area contributed by atoms with Gasteiger partial charge in [-0.2, -0.15) is 0 Å². The van der Waals surface area contributed by atoms with Crippen molar-refractivity contribution in [3.8, 4) is 5.75 Å². The molecule has 3 nitrogen and oxygen atoms in total. The molecule has 0 unspecified atom stereocenters. The molecule has 1 heterocycles. The second-order valence-electron chi connectivity index (χ2n) is 5.25. The third-order valence-corrected chi connectivity index (χ3v) is 4.26. The summed E-state index contributed by atoms with van der Waals surface area (Å²) in [5.74, 6) is 0.960. The summed E-state index contributed by atoms with van der Waals surface area (Å²) < 4.78 is 0. The molecule has 114 valence electrons. The first kappa shape index (κ1) is 17.9. The summed E-state index contributed by atoms with van der Waals surface area (Å²) in [5.41, 5.74) is 1.01. The molecule has 0 aromatic heterocycles. The van der Waals surface area contributed by atoms with Gasteiger partial charge in [0.2, 0.25) is 0 Å². The predicted molar refractivity (Wildman–Crippen MR) is 87.5 cm³/mol. The van der Waals surface area contributed by atoms with Gasteiger partial charge in [0.25, 0.3) is 0 Å². The zero-order chi connectivity index (χ0) is 12.5. The maximum atomic E-state index is 10.2. The molecule has 1 aromatic rings. The van der Waals surface area contributed by atoms with Gasteiger partial charge in [-0.3, -0.25) is 4.90 Å². The maximum Gasteiger partial charge on any atom is 0.138 e. The largest absolute Gasteiger partial charge is 0.506 e. The Morgan fingerprint density at radius 3 is 2.45 bits per heavy atom. The van der Waals surface area contributed by atoms with Crippen LogP contribution in [0.4, 0.5) is 0 Å². The predicted octanol–water partition coefficient (Wildman–Crippen LogP) is 3.25. The zero-order valence-corrected chi connectivity index (χ0v) is 13.6. The summed E-state index contributed by atoms with van der Waals surface area (Å²) in [7, 11) is 0. The van der Waals surface area contributed by atoms with Gasteiger partial charge in [-0.05, 0) is 24.8 Å². The van der Waals surface area contributed by atoms with Crippen LogP contribution in [0, 0.1) is 5.92 Å². The van der Waals surface area contributed by atoms with E-state index in [9.17, 15) is 5.11 Å². The molecule has 2 aliphatic rings. The number of piperazine rings is 1. The molecule has 1 aromatic carbocycles. The number of hydrogen-bond donors (Lipinski definition) is 2. The fourth-order valence-corrected chi connectivity index (χ4v) is 3.07. The van der Waals surface area contributed by atoms with Gasteiger partial charge in [0.1, 0.15) is 5.75 Å². The molecule has 0 spiro atoms. The Labute approximate surface area is 137 Å². The molecule has 1 aliphatic carbocycles. The minimum atomic E-state index is 0. The highest BCUT2D eigenvalue weighted by Crippen LogP contribution is 2.47. The Balaban J connectivity index is 0.000001000. The zero-order valence-electron chi connectivity index (χ0n) is 11.2. The van der Waals surface area contributed by atoms with E-state index in [1.54, 1.807) is 6.07 Å². The van der Waals surface area contributed by atoms with E-state index < -0.39 is 0 Å². The van der Waals surface area contributed by atoms with Gasteiger partial charge >= 0.3 is 0 Å². The summed E-state index contributed by atoms with van der Waals surface area (Å²) in [4.78, 5) is 2.49. The number of phenolic OH excluding ortho intramolecular Hbond substituents is 1. The Hall–Kier alpha value is -0.190. The number of halogens is 3. The minimum Gasteiger partial charge on any atom is -0.506 e. The van der Waals surface area contributed by atoms with E-state index >= 15 is 0 Å². The number of para-hydroxylation sites is 1. The molecule has 1 aliphatic heterocycles. The van der Waals surface area contributed by atoms with Crippen molar-refractivity contribution in [2.75, 3.05) is 26.2 Å². The molecule has 1 saturated heterocycles. The van der Waals surface area contributed by atoms with Crippen LogP contribution in [0.3, 0.4) is 0 Å². The number of nitrogens with zero attached hydrogens (tertiary/aromatic N) is 1. The fourth-order valence-electron chi connectivity index (χ4n) is 2.89. The number of rotatable bonds is 3. The highest BCUT2D eigenvalue weighted by molar-refractivity contribution is 6.32. The fraction of sp³-hybridized carbons (Fsp3) is 0.571. The van der Waals surface area contributed by atoms with Crippen molar-refractivity contribution < 1.29 is 5.11 Å². The molecule has 1 saturated carbocycles. The third-order valence-electron chi connectivity index (χ3n) is 3.95. The summed E-state index contributed by atoms with van der Waals surface area (Å²) >= 11 is 6.04. The molecule has 0 bridgehead atoms. The smallest absolute Gasteiger partial charge is 0.138 e. The monoisotopic (exact) mass is 338 g/mol. The number of hydrogen-bond acceptors (Lipinski definition) is 3. The first-order valence-corrected chi connectivity index (χ1v) is 7.07. The molecule has 2 fully saturated rings. The van der Waals surface area contributed by atoms with Crippen LogP contribution >= 0.6 is 36.4 Å². The number of phenols is 1. The van der Waals surface area contributed by atoms with Crippen molar-refractivity contribution in [1.29, 1.82) is 0 Å².